The molecule has 1 unspecified atom stereocenters. The zero-order chi connectivity index (χ0) is 19.2. The molecule has 0 bridgehead atoms. The summed E-state index contributed by atoms with van der Waals surface area (Å²) in [6.07, 6.45) is 0.228. The Bertz CT molecular complexity index is 915. The molecular weight excluding hydrogens is 358 g/mol. The maximum atomic E-state index is 12.2. The van der Waals surface area contributed by atoms with Gasteiger partial charge in [0.25, 0.3) is 0 Å². The minimum absolute atomic E-state index is 0.107. The molecule has 2 aromatic rings. The highest BCUT2D eigenvalue weighted by Crippen LogP contribution is 2.35. The van der Waals surface area contributed by atoms with E-state index in [0.717, 1.165) is 11.1 Å². The standard InChI is InChI=1S/C21H19N3O2S/c1-14-7-9-15(10-8-14)17-11-19(25)24-21(18(17)12-22)27-13-20(26)23-16-5-3-2-4-6-16/h2-10,17H,11,13H2,1H3,(H,23,26)(H,24,25). The lowest BCUT2D eigenvalue weighted by Crippen LogP contribution is -2.31. The fourth-order valence-corrected chi connectivity index (χ4v) is 3.75. The Kier molecular flexibility index (Phi) is 5.94. The van der Waals surface area contributed by atoms with Gasteiger partial charge in [0.15, 0.2) is 0 Å². The van der Waals surface area contributed by atoms with Gasteiger partial charge >= 0.3 is 0 Å². The van der Waals surface area contributed by atoms with Crippen LogP contribution in [0.1, 0.15) is 23.5 Å². The van der Waals surface area contributed by atoms with Crippen molar-refractivity contribution >= 4 is 29.3 Å². The van der Waals surface area contributed by atoms with Crippen molar-refractivity contribution in [3.63, 3.8) is 0 Å². The third kappa shape index (κ3) is 4.78. The molecule has 3 rings (SSSR count). The number of aryl methyl sites for hydroxylation is 1. The van der Waals surface area contributed by atoms with E-state index in [9.17, 15) is 14.9 Å². The number of nitrogens with zero attached hydrogens (tertiary/aromatic N) is 1. The second-order valence-corrected chi connectivity index (χ2v) is 7.26. The first-order chi connectivity index (χ1) is 13.1. The zero-order valence-corrected chi connectivity index (χ0v) is 15.7. The molecular formula is C21H19N3O2S. The highest BCUT2D eigenvalue weighted by molar-refractivity contribution is 8.03. The smallest absolute Gasteiger partial charge is 0.234 e. The molecule has 0 radical (unpaired) electrons. The number of carbonyl (C=O) groups excluding carboxylic acids is 2. The highest BCUT2D eigenvalue weighted by Gasteiger charge is 2.29. The van der Waals surface area contributed by atoms with E-state index in [2.05, 4.69) is 16.7 Å². The SMILES string of the molecule is Cc1ccc(C2CC(=O)NC(SCC(=O)Nc3ccccc3)=C2C#N)cc1. The van der Waals surface area contributed by atoms with Crippen LogP contribution in [0, 0.1) is 18.3 Å². The molecule has 2 aromatic carbocycles. The molecule has 2 N–H and O–H groups in total. The molecule has 0 aromatic heterocycles. The second kappa shape index (κ2) is 8.56. The average Bonchev–Trinajstić information content (AvgIpc) is 2.67. The number of nitriles is 1. The van der Waals surface area contributed by atoms with Gasteiger partial charge in [0.05, 0.1) is 22.4 Å². The van der Waals surface area contributed by atoms with Gasteiger partial charge in [-0.2, -0.15) is 5.26 Å². The Labute approximate surface area is 162 Å². The summed E-state index contributed by atoms with van der Waals surface area (Å²) in [5.41, 5.74) is 3.26. The van der Waals surface area contributed by atoms with Crippen LogP contribution in [0.3, 0.4) is 0 Å². The van der Waals surface area contributed by atoms with E-state index in [1.165, 1.54) is 11.8 Å². The van der Waals surface area contributed by atoms with E-state index in [-0.39, 0.29) is 29.9 Å². The molecule has 2 amide bonds. The Balaban J connectivity index is 1.75. The number of hydrogen-bond donors (Lipinski definition) is 2. The van der Waals surface area contributed by atoms with Crippen molar-refractivity contribution in [2.45, 2.75) is 19.3 Å². The van der Waals surface area contributed by atoms with Crippen molar-refractivity contribution in [2.24, 2.45) is 0 Å². The van der Waals surface area contributed by atoms with E-state index >= 15 is 0 Å². The van der Waals surface area contributed by atoms with Gasteiger partial charge < -0.3 is 10.6 Å². The fourth-order valence-electron chi connectivity index (χ4n) is 2.87. The first-order valence-electron chi connectivity index (χ1n) is 8.55. The molecule has 0 fully saturated rings. The molecule has 0 aliphatic carbocycles. The summed E-state index contributed by atoms with van der Waals surface area (Å²) < 4.78 is 0. The van der Waals surface area contributed by atoms with Crippen LogP contribution >= 0.6 is 11.8 Å². The van der Waals surface area contributed by atoms with Crippen molar-refractivity contribution in [3.8, 4) is 6.07 Å². The number of rotatable bonds is 5. The summed E-state index contributed by atoms with van der Waals surface area (Å²) in [7, 11) is 0. The average molecular weight is 377 g/mol. The zero-order valence-electron chi connectivity index (χ0n) is 14.9. The summed E-state index contributed by atoms with van der Waals surface area (Å²) >= 11 is 1.18. The summed E-state index contributed by atoms with van der Waals surface area (Å²) in [5, 5.41) is 15.7. The highest BCUT2D eigenvalue weighted by atomic mass is 32.2. The second-order valence-electron chi connectivity index (χ2n) is 6.27. The number of amides is 2. The Morgan fingerprint density at radius 1 is 1.22 bits per heavy atom. The first-order valence-corrected chi connectivity index (χ1v) is 9.54. The molecule has 0 saturated carbocycles. The molecule has 136 valence electrons. The minimum Gasteiger partial charge on any atom is -0.325 e. The maximum absolute atomic E-state index is 12.2. The molecule has 1 atom stereocenters. The molecule has 0 spiro atoms. The Morgan fingerprint density at radius 3 is 2.59 bits per heavy atom. The quantitative estimate of drug-likeness (QED) is 0.832. The van der Waals surface area contributed by atoms with Crippen LogP contribution in [0.15, 0.2) is 65.2 Å². The van der Waals surface area contributed by atoms with Crippen LogP contribution < -0.4 is 10.6 Å². The predicted octanol–water partition coefficient (Wildman–Crippen LogP) is 3.71. The third-order valence-corrected chi connectivity index (χ3v) is 5.26. The minimum atomic E-state index is -0.288. The molecule has 1 aliphatic rings. The van der Waals surface area contributed by atoms with Crippen LogP contribution in [0.5, 0.6) is 0 Å². The van der Waals surface area contributed by atoms with Crippen molar-refractivity contribution in [2.75, 3.05) is 11.1 Å². The van der Waals surface area contributed by atoms with E-state index < -0.39 is 0 Å². The molecule has 0 saturated heterocycles. The van der Waals surface area contributed by atoms with E-state index in [0.29, 0.717) is 16.3 Å². The van der Waals surface area contributed by atoms with Crippen molar-refractivity contribution in [1.82, 2.24) is 5.32 Å². The van der Waals surface area contributed by atoms with Gasteiger partial charge in [0.1, 0.15) is 0 Å². The monoisotopic (exact) mass is 377 g/mol. The summed E-state index contributed by atoms with van der Waals surface area (Å²) in [6, 6.07) is 19.2. The van der Waals surface area contributed by atoms with Crippen molar-refractivity contribution in [3.05, 3.63) is 76.3 Å². The number of benzene rings is 2. The van der Waals surface area contributed by atoms with Gasteiger partial charge in [-0.3, -0.25) is 9.59 Å². The van der Waals surface area contributed by atoms with Crippen molar-refractivity contribution in [1.29, 1.82) is 5.26 Å². The van der Waals surface area contributed by atoms with Gasteiger partial charge in [-0.1, -0.05) is 59.8 Å². The van der Waals surface area contributed by atoms with Crippen LogP contribution in [0.25, 0.3) is 0 Å². The summed E-state index contributed by atoms with van der Waals surface area (Å²) in [6.45, 7) is 1.99. The number of allylic oxidation sites excluding steroid dienone is 1. The lowest BCUT2D eigenvalue weighted by molar-refractivity contribution is -0.121. The van der Waals surface area contributed by atoms with Crippen LogP contribution in [0.2, 0.25) is 0 Å². The fraction of sp³-hybridized carbons (Fsp3) is 0.190. The molecule has 1 aliphatic heterocycles. The number of anilines is 1. The number of thioether (sulfide) groups is 1. The molecule has 5 nitrogen and oxygen atoms in total. The van der Waals surface area contributed by atoms with Crippen LogP contribution in [-0.2, 0) is 9.59 Å². The summed E-state index contributed by atoms with van der Waals surface area (Å²) in [4.78, 5) is 24.3. The maximum Gasteiger partial charge on any atom is 0.234 e. The van der Waals surface area contributed by atoms with Gasteiger partial charge in [-0.25, -0.2) is 0 Å². The lowest BCUT2D eigenvalue weighted by atomic mass is 9.87. The van der Waals surface area contributed by atoms with Gasteiger partial charge in [0.2, 0.25) is 11.8 Å². The summed E-state index contributed by atoms with van der Waals surface area (Å²) in [5.74, 6) is -0.520. The molecule has 6 heteroatoms. The predicted molar refractivity (Wildman–Crippen MR) is 107 cm³/mol. The molecule has 27 heavy (non-hydrogen) atoms. The normalized spacial score (nSPS) is 16.4. The van der Waals surface area contributed by atoms with E-state index in [1.807, 2.05) is 49.4 Å². The number of para-hydroxylation sites is 1. The van der Waals surface area contributed by atoms with Crippen LogP contribution in [0.4, 0.5) is 5.69 Å². The van der Waals surface area contributed by atoms with E-state index in [1.54, 1.807) is 12.1 Å². The lowest BCUT2D eigenvalue weighted by Gasteiger charge is -2.25. The van der Waals surface area contributed by atoms with Gasteiger partial charge in [0, 0.05) is 18.0 Å². The van der Waals surface area contributed by atoms with Gasteiger partial charge in [-0.15, -0.1) is 0 Å². The third-order valence-electron chi connectivity index (χ3n) is 4.24. The first kappa shape index (κ1) is 18.7. The van der Waals surface area contributed by atoms with Gasteiger partial charge in [-0.05, 0) is 24.6 Å². The number of hydrogen-bond acceptors (Lipinski definition) is 4. The van der Waals surface area contributed by atoms with Crippen LogP contribution in [-0.4, -0.2) is 17.6 Å². The number of nitrogens with one attached hydrogen (secondary N) is 2. The van der Waals surface area contributed by atoms with Crippen molar-refractivity contribution < 1.29 is 9.59 Å². The Hall–Kier alpha value is -3.04. The largest absolute Gasteiger partial charge is 0.325 e. The molecule has 1 heterocycles. The van der Waals surface area contributed by atoms with E-state index in [4.69, 9.17) is 0 Å². The number of carbonyl (C=O) groups is 2. The Morgan fingerprint density at radius 2 is 1.93 bits per heavy atom. The topological polar surface area (TPSA) is 82.0 Å².